The average molecular weight is 206 g/mol. The summed E-state index contributed by atoms with van der Waals surface area (Å²) < 4.78 is 0. The van der Waals surface area contributed by atoms with Gasteiger partial charge in [0.2, 0.25) is 0 Å². The van der Waals surface area contributed by atoms with Gasteiger partial charge >= 0.3 is 0 Å². The van der Waals surface area contributed by atoms with E-state index in [1.54, 1.807) is 0 Å². The summed E-state index contributed by atoms with van der Waals surface area (Å²) in [4.78, 5) is 4.48. The molecule has 1 nitrogen and oxygen atoms in total. The van der Waals surface area contributed by atoms with Crippen LogP contribution in [-0.2, 0) is 6.42 Å². The lowest BCUT2D eigenvalue weighted by atomic mass is 10.1. The first-order valence-electron chi connectivity index (χ1n) is 4.72. The topological polar surface area (TPSA) is 12.9 Å². The predicted octanol–water partition coefficient (Wildman–Crippen LogP) is 3.32. The molecule has 0 bridgehead atoms. The van der Waals surface area contributed by atoms with E-state index in [0.717, 1.165) is 17.6 Å². The summed E-state index contributed by atoms with van der Waals surface area (Å²) in [5, 5.41) is 1.22. The first-order valence-corrected chi connectivity index (χ1v) is 5.26. The number of halogens is 1. The van der Waals surface area contributed by atoms with Crippen molar-refractivity contribution in [2.75, 3.05) is 5.88 Å². The van der Waals surface area contributed by atoms with Gasteiger partial charge in [0.25, 0.3) is 0 Å². The second kappa shape index (κ2) is 3.97. The van der Waals surface area contributed by atoms with Gasteiger partial charge in [0, 0.05) is 17.0 Å². The van der Waals surface area contributed by atoms with Gasteiger partial charge in [-0.15, -0.1) is 11.6 Å². The fraction of sp³-hybridized carbons (Fsp3) is 0.250. The zero-order chi connectivity index (χ0) is 9.97. The second-order valence-electron chi connectivity index (χ2n) is 3.38. The SMILES string of the molecule is Cc1cc(CCCl)c2ccccc2n1. The van der Waals surface area contributed by atoms with Gasteiger partial charge in [-0.2, -0.15) is 0 Å². The largest absolute Gasteiger partial charge is 0.253 e. The molecule has 14 heavy (non-hydrogen) atoms. The lowest BCUT2D eigenvalue weighted by Gasteiger charge is -2.05. The van der Waals surface area contributed by atoms with E-state index >= 15 is 0 Å². The molecule has 0 atom stereocenters. The van der Waals surface area contributed by atoms with Gasteiger partial charge in [0.1, 0.15) is 0 Å². The van der Waals surface area contributed by atoms with Crippen LogP contribution in [0.4, 0.5) is 0 Å². The van der Waals surface area contributed by atoms with Gasteiger partial charge in [-0.05, 0) is 31.0 Å². The second-order valence-corrected chi connectivity index (χ2v) is 3.76. The molecule has 1 heterocycles. The molecule has 1 aromatic heterocycles. The third kappa shape index (κ3) is 1.73. The summed E-state index contributed by atoms with van der Waals surface area (Å²) in [6.45, 7) is 2.02. The summed E-state index contributed by atoms with van der Waals surface area (Å²) in [7, 11) is 0. The van der Waals surface area contributed by atoms with Crippen LogP contribution in [-0.4, -0.2) is 10.9 Å². The van der Waals surface area contributed by atoms with Gasteiger partial charge < -0.3 is 0 Å². The highest BCUT2D eigenvalue weighted by Gasteiger charge is 2.02. The minimum absolute atomic E-state index is 0.660. The molecule has 72 valence electrons. The van der Waals surface area contributed by atoms with Gasteiger partial charge in [-0.3, -0.25) is 4.98 Å². The molecule has 0 aliphatic heterocycles. The molecule has 0 N–H and O–H groups in total. The van der Waals surface area contributed by atoms with Crippen molar-refractivity contribution in [3.05, 3.63) is 41.6 Å². The van der Waals surface area contributed by atoms with Crippen molar-refractivity contribution in [3.63, 3.8) is 0 Å². The van der Waals surface area contributed by atoms with Crippen molar-refractivity contribution in [1.82, 2.24) is 4.98 Å². The van der Waals surface area contributed by atoms with Crippen LogP contribution < -0.4 is 0 Å². The highest BCUT2D eigenvalue weighted by Crippen LogP contribution is 2.18. The Balaban J connectivity index is 2.67. The quantitative estimate of drug-likeness (QED) is 0.686. The van der Waals surface area contributed by atoms with Gasteiger partial charge in [-0.1, -0.05) is 18.2 Å². The number of para-hydroxylation sites is 1. The van der Waals surface area contributed by atoms with Crippen molar-refractivity contribution < 1.29 is 0 Å². The van der Waals surface area contributed by atoms with E-state index in [9.17, 15) is 0 Å². The molecule has 0 aliphatic carbocycles. The van der Waals surface area contributed by atoms with E-state index in [1.165, 1.54) is 10.9 Å². The van der Waals surface area contributed by atoms with E-state index < -0.39 is 0 Å². The molecule has 0 radical (unpaired) electrons. The van der Waals surface area contributed by atoms with Crippen LogP contribution in [0.15, 0.2) is 30.3 Å². The zero-order valence-corrected chi connectivity index (χ0v) is 8.88. The number of benzene rings is 1. The van der Waals surface area contributed by atoms with E-state index in [2.05, 4.69) is 17.1 Å². The molecule has 0 unspecified atom stereocenters. The summed E-state index contributed by atoms with van der Waals surface area (Å²) in [6.07, 6.45) is 0.908. The van der Waals surface area contributed by atoms with Crippen LogP contribution >= 0.6 is 11.6 Å². The first-order chi connectivity index (χ1) is 6.81. The van der Waals surface area contributed by atoms with Gasteiger partial charge in [0.15, 0.2) is 0 Å². The van der Waals surface area contributed by atoms with E-state index in [0.29, 0.717) is 5.88 Å². The summed E-state index contributed by atoms with van der Waals surface area (Å²) in [6, 6.07) is 10.3. The van der Waals surface area contributed by atoms with Gasteiger partial charge in [0.05, 0.1) is 5.52 Å². The molecule has 0 aliphatic rings. The Morgan fingerprint density at radius 1 is 1.29 bits per heavy atom. The number of hydrogen-bond acceptors (Lipinski definition) is 1. The monoisotopic (exact) mass is 205 g/mol. The number of rotatable bonds is 2. The number of fused-ring (bicyclic) bond motifs is 1. The number of alkyl halides is 1. The lowest BCUT2D eigenvalue weighted by molar-refractivity contribution is 1.13. The number of aromatic nitrogens is 1. The minimum atomic E-state index is 0.660. The molecule has 1 aromatic carbocycles. The lowest BCUT2D eigenvalue weighted by Crippen LogP contribution is -1.92. The molecule has 0 amide bonds. The zero-order valence-electron chi connectivity index (χ0n) is 8.13. The predicted molar refractivity (Wildman–Crippen MR) is 60.9 cm³/mol. The number of nitrogens with zero attached hydrogens (tertiary/aromatic N) is 1. The molecule has 0 saturated heterocycles. The Kier molecular flexibility index (Phi) is 2.69. The van der Waals surface area contributed by atoms with Crippen molar-refractivity contribution in [3.8, 4) is 0 Å². The summed E-state index contributed by atoms with van der Waals surface area (Å²) in [5.74, 6) is 0.660. The summed E-state index contributed by atoms with van der Waals surface area (Å²) >= 11 is 5.77. The number of aryl methyl sites for hydroxylation is 2. The van der Waals surface area contributed by atoms with Gasteiger partial charge in [-0.25, -0.2) is 0 Å². The third-order valence-electron chi connectivity index (χ3n) is 2.29. The van der Waals surface area contributed by atoms with Crippen molar-refractivity contribution >= 4 is 22.5 Å². The molecule has 2 aromatic rings. The van der Waals surface area contributed by atoms with Crippen molar-refractivity contribution in [2.24, 2.45) is 0 Å². The fourth-order valence-electron chi connectivity index (χ4n) is 1.70. The number of hydrogen-bond donors (Lipinski definition) is 0. The Hall–Kier alpha value is -1.08. The van der Waals surface area contributed by atoms with Crippen LogP contribution in [0.2, 0.25) is 0 Å². The highest BCUT2D eigenvalue weighted by atomic mass is 35.5. The van der Waals surface area contributed by atoms with E-state index in [-0.39, 0.29) is 0 Å². The molecule has 0 fully saturated rings. The van der Waals surface area contributed by atoms with E-state index in [4.69, 9.17) is 11.6 Å². The Bertz CT molecular complexity index is 451. The maximum Gasteiger partial charge on any atom is 0.0707 e. The normalized spacial score (nSPS) is 10.7. The molecular weight excluding hydrogens is 194 g/mol. The summed E-state index contributed by atoms with van der Waals surface area (Å²) in [5.41, 5.74) is 3.42. The van der Waals surface area contributed by atoms with Crippen LogP contribution in [0.3, 0.4) is 0 Å². The van der Waals surface area contributed by atoms with E-state index in [1.807, 2.05) is 25.1 Å². The average Bonchev–Trinajstić information content (AvgIpc) is 2.18. The maximum atomic E-state index is 5.77. The fourth-order valence-corrected chi connectivity index (χ4v) is 1.91. The van der Waals surface area contributed by atoms with Crippen molar-refractivity contribution in [1.29, 1.82) is 0 Å². The molecule has 0 saturated carbocycles. The number of pyridine rings is 1. The highest BCUT2D eigenvalue weighted by molar-refractivity contribution is 6.18. The third-order valence-corrected chi connectivity index (χ3v) is 2.48. The Morgan fingerprint density at radius 2 is 2.07 bits per heavy atom. The van der Waals surface area contributed by atoms with Crippen LogP contribution in [0.1, 0.15) is 11.3 Å². The molecule has 2 heteroatoms. The minimum Gasteiger partial charge on any atom is -0.253 e. The Morgan fingerprint density at radius 3 is 2.86 bits per heavy atom. The van der Waals surface area contributed by atoms with Crippen LogP contribution in [0, 0.1) is 6.92 Å². The standard InChI is InChI=1S/C12H12ClN/c1-9-8-10(6-7-13)11-4-2-3-5-12(11)14-9/h2-5,8H,6-7H2,1H3. The van der Waals surface area contributed by atoms with Crippen LogP contribution in [0.5, 0.6) is 0 Å². The molecule has 0 spiro atoms. The molecule has 2 rings (SSSR count). The maximum absolute atomic E-state index is 5.77. The first kappa shape index (κ1) is 9.47. The van der Waals surface area contributed by atoms with Crippen molar-refractivity contribution in [2.45, 2.75) is 13.3 Å². The van der Waals surface area contributed by atoms with Crippen LogP contribution in [0.25, 0.3) is 10.9 Å². The smallest absolute Gasteiger partial charge is 0.0707 e. The Labute approximate surface area is 88.7 Å². The molecular formula is C12H12ClN.